The average molecular weight is 327 g/mol. The monoisotopic (exact) mass is 327 g/mol. The zero-order chi connectivity index (χ0) is 15.7. The van der Waals surface area contributed by atoms with Crippen molar-refractivity contribution in [3.63, 3.8) is 0 Å². The van der Waals surface area contributed by atoms with Crippen LogP contribution < -0.4 is 11.5 Å². The molecule has 5 heteroatoms. The number of aromatic nitrogens is 2. The number of nitrogens with zero attached hydrogens (tertiary/aromatic N) is 2. The van der Waals surface area contributed by atoms with Gasteiger partial charge in [0.05, 0.1) is 0 Å². The zero-order valence-corrected chi connectivity index (χ0v) is 13.7. The molecule has 2 aromatic rings. The van der Waals surface area contributed by atoms with Crippen LogP contribution in [0, 0.1) is 13.8 Å². The summed E-state index contributed by atoms with van der Waals surface area (Å²) in [7, 11) is 0. The molecule has 1 unspecified atom stereocenters. The van der Waals surface area contributed by atoms with E-state index in [1.807, 2.05) is 50.2 Å². The molecular weight excluding hydrogens is 304 g/mol. The Hall–Kier alpha value is -1.26. The van der Waals surface area contributed by atoms with E-state index in [2.05, 4.69) is 26.0 Å². The van der Waals surface area contributed by atoms with Crippen LogP contribution in [-0.2, 0) is 27.8 Å². The molecule has 2 rings (SSSR count). The van der Waals surface area contributed by atoms with Gasteiger partial charge in [0.25, 0.3) is 0 Å². The fourth-order valence-corrected chi connectivity index (χ4v) is 1.95. The Balaban J connectivity index is 0.000000219. The number of nitrogens with two attached hydrogens (primary N) is 2. The summed E-state index contributed by atoms with van der Waals surface area (Å²) in [4.78, 5) is 8.55. The van der Waals surface area contributed by atoms with Gasteiger partial charge < -0.3 is 11.5 Å². The molecule has 0 saturated heterocycles. The Bertz CT molecular complexity index is 545. The van der Waals surface area contributed by atoms with Crippen LogP contribution >= 0.6 is 0 Å². The summed E-state index contributed by atoms with van der Waals surface area (Å²) in [5.41, 5.74) is 15.3. The number of aryl methyl sites for hydroxylation is 2. The molecule has 0 aliphatic rings. The van der Waals surface area contributed by atoms with Gasteiger partial charge in [-0.2, -0.15) is 0 Å². The third-order valence-corrected chi connectivity index (χ3v) is 3.19. The van der Waals surface area contributed by atoms with Crippen molar-refractivity contribution in [2.75, 3.05) is 6.54 Å². The molecule has 4 N–H and O–H groups in total. The second kappa shape index (κ2) is 9.64. The topological polar surface area (TPSA) is 77.8 Å². The molecule has 0 aliphatic carbocycles. The first kappa shape index (κ1) is 17.8. The Morgan fingerprint density at radius 2 is 1.52 bits per heavy atom. The minimum atomic E-state index is 0.0271. The van der Waals surface area contributed by atoms with Gasteiger partial charge in [-0.15, -0.1) is 0 Å². The van der Waals surface area contributed by atoms with E-state index in [0.29, 0.717) is 6.54 Å². The molecule has 0 saturated carbocycles. The molecule has 0 amide bonds. The van der Waals surface area contributed by atoms with Crippen molar-refractivity contribution < 1.29 is 16.0 Å². The van der Waals surface area contributed by atoms with Gasteiger partial charge in [-0.3, -0.25) is 4.98 Å². The molecule has 0 radical (unpaired) electrons. The molecule has 0 fully saturated rings. The third-order valence-electron chi connectivity index (χ3n) is 2.79. The second-order valence-corrected chi connectivity index (χ2v) is 5.26. The summed E-state index contributed by atoms with van der Waals surface area (Å²) < 4.78 is 0. The van der Waals surface area contributed by atoms with Crippen molar-refractivity contribution in [1.82, 2.24) is 9.97 Å². The molecule has 2 aromatic heterocycles. The van der Waals surface area contributed by atoms with E-state index in [1.54, 1.807) is 0 Å². The van der Waals surface area contributed by atoms with Crippen molar-refractivity contribution in [2.24, 2.45) is 11.5 Å². The second-order valence-electron chi connectivity index (χ2n) is 4.87. The summed E-state index contributed by atoms with van der Waals surface area (Å²) in [6, 6.07) is 11.9. The van der Waals surface area contributed by atoms with Gasteiger partial charge in [0.15, 0.2) is 0 Å². The number of hydrogen-bond donors (Lipinski definition) is 2. The first-order valence-electron chi connectivity index (χ1n) is 6.90. The van der Waals surface area contributed by atoms with Crippen molar-refractivity contribution in [3.05, 3.63) is 59.2 Å². The molecule has 115 valence electrons. The standard InChI is InChI=1S/C9H15N3.C7H8N.Fe/c1-7-3-2-4-9(12-7)5-8(11)6-10;1-6-4-3-5-7(2)8-6;/h2-4,8H,5-6,10-11H2,1H3;3-5H,1H2,2H3;. The van der Waals surface area contributed by atoms with Crippen LogP contribution in [0.2, 0.25) is 0 Å². The van der Waals surface area contributed by atoms with Crippen molar-refractivity contribution in [2.45, 2.75) is 31.6 Å². The molecule has 2 heterocycles. The zero-order valence-electron chi connectivity index (χ0n) is 12.6. The number of hydrogen-bond acceptors (Lipinski definition) is 4. The van der Waals surface area contributed by atoms with E-state index in [1.165, 1.54) is 0 Å². The molecule has 1 atom stereocenters. The molecule has 4 nitrogen and oxygen atoms in total. The van der Waals surface area contributed by atoms with E-state index in [9.17, 15) is 0 Å². The molecule has 0 aliphatic heterocycles. The molecule has 0 spiro atoms. The van der Waals surface area contributed by atoms with Crippen molar-refractivity contribution >= 4 is 0 Å². The summed E-state index contributed by atoms with van der Waals surface area (Å²) in [6.07, 6.45) is 0.762. The fraction of sp³-hybridized carbons (Fsp3) is 0.375. The predicted molar refractivity (Wildman–Crippen MR) is 82.4 cm³/mol. The summed E-state index contributed by atoms with van der Waals surface area (Å²) >= 11 is 3.73. The van der Waals surface area contributed by atoms with Crippen LogP contribution in [-0.4, -0.2) is 22.6 Å². The predicted octanol–water partition coefficient (Wildman–Crippen LogP) is 1.66. The van der Waals surface area contributed by atoms with Gasteiger partial charge in [0.2, 0.25) is 0 Å². The van der Waals surface area contributed by atoms with E-state index in [4.69, 9.17) is 11.5 Å². The van der Waals surface area contributed by atoms with Gasteiger partial charge in [0.1, 0.15) is 0 Å². The Kier molecular flexibility index (Phi) is 8.16. The first-order chi connectivity index (χ1) is 10.0. The number of pyridine rings is 2. The summed E-state index contributed by atoms with van der Waals surface area (Å²) in [6.45, 7) is 4.46. The van der Waals surface area contributed by atoms with Crippen LogP contribution in [0.1, 0.15) is 22.8 Å². The molecule has 0 bridgehead atoms. The SMILES string of the molecule is Cc1cccc(CC(N)CN)n1.Cc1cccc([CH2][Fe])n1. The third kappa shape index (κ3) is 7.34. The molecule has 21 heavy (non-hydrogen) atoms. The Labute approximate surface area is 135 Å². The van der Waals surface area contributed by atoms with E-state index in [-0.39, 0.29) is 6.04 Å². The van der Waals surface area contributed by atoms with Gasteiger partial charge in [-0.05, 0) is 19.1 Å². The van der Waals surface area contributed by atoms with Crippen LogP contribution in [0.15, 0.2) is 36.4 Å². The molecule has 0 aromatic carbocycles. The fourth-order valence-electron chi connectivity index (χ4n) is 1.73. The number of rotatable bonds is 4. The average Bonchev–Trinajstić information content (AvgIpc) is 2.47. The summed E-state index contributed by atoms with van der Waals surface area (Å²) in [5, 5.41) is 0.779. The van der Waals surface area contributed by atoms with Crippen LogP contribution in [0.5, 0.6) is 0 Å². The minimum absolute atomic E-state index is 0.0271. The van der Waals surface area contributed by atoms with Crippen LogP contribution in [0.25, 0.3) is 0 Å². The van der Waals surface area contributed by atoms with E-state index in [0.717, 1.165) is 34.5 Å². The van der Waals surface area contributed by atoms with Crippen LogP contribution in [0.4, 0.5) is 0 Å². The first-order valence-corrected chi connectivity index (χ1v) is 7.68. The Morgan fingerprint density at radius 3 is 1.95 bits per heavy atom. The molecular formula is C16H23FeN4. The summed E-state index contributed by atoms with van der Waals surface area (Å²) in [5.74, 6) is 0. The van der Waals surface area contributed by atoms with Gasteiger partial charge >= 0.3 is 62.8 Å². The van der Waals surface area contributed by atoms with Gasteiger partial charge in [-0.25, -0.2) is 0 Å². The maximum absolute atomic E-state index is 5.69. The normalized spacial score (nSPS) is 11.5. The quantitative estimate of drug-likeness (QED) is 0.837. The van der Waals surface area contributed by atoms with Crippen molar-refractivity contribution in [3.8, 4) is 0 Å². The van der Waals surface area contributed by atoms with Gasteiger partial charge in [0, 0.05) is 30.4 Å². The van der Waals surface area contributed by atoms with Crippen molar-refractivity contribution in [1.29, 1.82) is 0 Å². The van der Waals surface area contributed by atoms with E-state index < -0.39 is 0 Å². The van der Waals surface area contributed by atoms with E-state index >= 15 is 0 Å². The van der Waals surface area contributed by atoms with Gasteiger partial charge in [-0.1, -0.05) is 6.07 Å². The maximum atomic E-state index is 5.69. The van der Waals surface area contributed by atoms with Crippen LogP contribution in [0.3, 0.4) is 0 Å². The Morgan fingerprint density at radius 1 is 1.00 bits per heavy atom.